The Kier molecular flexibility index (Phi) is 6.54. The predicted octanol–water partition coefficient (Wildman–Crippen LogP) is 3.53. The molecule has 2 amide bonds. The van der Waals surface area contributed by atoms with E-state index in [-0.39, 0.29) is 22.3 Å². The van der Waals surface area contributed by atoms with Crippen LogP contribution >= 0.6 is 23.2 Å². The van der Waals surface area contributed by atoms with Crippen LogP contribution < -0.4 is 10.6 Å². The molecule has 0 spiro atoms. The van der Waals surface area contributed by atoms with Gasteiger partial charge in [0.1, 0.15) is 0 Å². The smallest absolute Gasteiger partial charge is 0.338 e. The molecule has 1 atom stereocenters. The van der Waals surface area contributed by atoms with Gasteiger partial charge in [-0.2, -0.15) is 0 Å². The van der Waals surface area contributed by atoms with Gasteiger partial charge in [-0.25, -0.2) is 9.78 Å². The minimum absolute atomic E-state index is 0.108. The van der Waals surface area contributed by atoms with Crippen LogP contribution in [-0.4, -0.2) is 28.9 Å². The molecule has 0 fully saturated rings. The number of carbonyl (C=O) groups excluding carboxylic acids is 3. The van der Waals surface area contributed by atoms with E-state index in [0.29, 0.717) is 10.7 Å². The van der Waals surface area contributed by atoms with Crippen molar-refractivity contribution >= 4 is 52.5 Å². The van der Waals surface area contributed by atoms with Gasteiger partial charge in [0.05, 0.1) is 15.6 Å². The Labute approximate surface area is 159 Å². The van der Waals surface area contributed by atoms with E-state index in [2.05, 4.69) is 15.6 Å². The minimum Gasteiger partial charge on any atom is -0.449 e. The van der Waals surface area contributed by atoms with Crippen molar-refractivity contribution in [1.82, 2.24) is 4.98 Å². The van der Waals surface area contributed by atoms with Crippen molar-refractivity contribution in [2.45, 2.75) is 20.0 Å². The summed E-state index contributed by atoms with van der Waals surface area (Å²) in [5, 5.41) is 5.50. The number of esters is 1. The molecule has 2 rings (SSSR count). The highest BCUT2D eigenvalue weighted by molar-refractivity contribution is 6.36. The van der Waals surface area contributed by atoms with Gasteiger partial charge >= 0.3 is 5.97 Å². The zero-order valence-corrected chi connectivity index (χ0v) is 15.4. The van der Waals surface area contributed by atoms with Gasteiger partial charge in [0.15, 0.2) is 11.9 Å². The fourth-order valence-electron chi connectivity index (χ4n) is 1.93. The lowest BCUT2D eigenvalue weighted by molar-refractivity contribution is -0.123. The number of ether oxygens (including phenoxy) is 1. The highest BCUT2D eigenvalue weighted by Gasteiger charge is 2.20. The molecular weight excluding hydrogens is 381 g/mol. The van der Waals surface area contributed by atoms with Gasteiger partial charge in [0.2, 0.25) is 5.91 Å². The maximum absolute atomic E-state index is 12.2. The Hall–Kier alpha value is -2.64. The first-order valence-electron chi connectivity index (χ1n) is 7.47. The highest BCUT2D eigenvalue weighted by Crippen LogP contribution is 2.22. The topological polar surface area (TPSA) is 97.4 Å². The number of nitrogens with zero attached hydrogens (tertiary/aromatic N) is 1. The molecule has 0 saturated heterocycles. The normalized spacial score (nSPS) is 11.4. The zero-order valence-electron chi connectivity index (χ0n) is 13.9. The van der Waals surface area contributed by atoms with Crippen LogP contribution in [0.3, 0.4) is 0 Å². The van der Waals surface area contributed by atoms with Crippen molar-refractivity contribution in [2.75, 3.05) is 10.6 Å². The van der Waals surface area contributed by atoms with Crippen LogP contribution in [0.15, 0.2) is 36.5 Å². The molecule has 0 aliphatic carbocycles. The Morgan fingerprint density at radius 2 is 1.88 bits per heavy atom. The summed E-state index contributed by atoms with van der Waals surface area (Å²) in [4.78, 5) is 39.3. The van der Waals surface area contributed by atoms with Gasteiger partial charge in [-0.15, -0.1) is 0 Å². The van der Waals surface area contributed by atoms with E-state index in [0.717, 1.165) is 0 Å². The van der Waals surface area contributed by atoms with E-state index in [1.807, 2.05) is 0 Å². The number of benzene rings is 1. The summed E-state index contributed by atoms with van der Waals surface area (Å²) in [6, 6.07) is 7.60. The molecule has 0 aliphatic heterocycles. The summed E-state index contributed by atoms with van der Waals surface area (Å²) in [7, 11) is 0. The maximum Gasteiger partial charge on any atom is 0.338 e. The fraction of sp³-hybridized carbons (Fsp3) is 0.176. The van der Waals surface area contributed by atoms with Crippen LogP contribution in [0.4, 0.5) is 11.5 Å². The standard InChI is InChI=1S/C17H15Cl2N3O4/c1-9(16(24)22-15-14(19)7-12(18)8-20-15)26-17(25)11-4-3-5-13(6-11)21-10(2)23/h3-9H,1-2H3,(H,21,23)(H,20,22,24)/t9-/m0/s1. The average molecular weight is 396 g/mol. The number of anilines is 2. The van der Waals surface area contributed by atoms with Crippen LogP contribution in [0.1, 0.15) is 24.2 Å². The Bertz CT molecular complexity index is 858. The Morgan fingerprint density at radius 1 is 1.15 bits per heavy atom. The Balaban J connectivity index is 2.01. The van der Waals surface area contributed by atoms with E-state index in [9.17, 15) is 14.4 Å². The third-order valence-electron chi connectivity index (χ3n) is 3.12. The van der Waals surface area contributed by atoms with E-state index < -0.39 is 18.0 Å². The lowest BCUT2D eigenvalue weighted by Gasteiger charge is -2.14. The minimum atomic E-state index is -1.10. The second-order valence-electron chi connectivity index (χ2n) is 5.28. The quantitative estimate of drug-likeness (QED) is 0.754. The van der Waals surface area contributed by atoms with Crippen LogP contribution in [0.5, 0.6) is 0 Å². The maximum atomic E-state index is 12.2. The molecule has 136 valence electrons. The summed E-state index contributed by atoms with van der Waals surface area (Å²) in [6.07, 6.45) is 0.230. The van der Waals surface area contributed by atoms with Gasteiger partial charge in [-0.3, -0.25) is 9.59 Å². The number of aromatic nitrogens is 1. The van der Waals surface area contributed by atoms with Gasteiger partial charge in [0, 0.05) is 18.8 Å². The molecule has 9 heteroatoms. The largest absolute Gasteiger partial charge is 0.449 e. The number of pyridine rings is 1. The SMILES string of the molecule is CC(=O)Nc1cccc(C(=O)O[C@@H](C)C(=O)Nc2ncc(Cl)cc2Cl)c1. The van der Waals surface area contributed by atoms with Crippen molar-refractivity contribution in [2.24, 2.45) is 0 Å². The van der Waals surface area contributed by atoms with Crippen molar-refractivity contribution < 1.29 is 19.1 Å². The number of amides is 2. The molecule has 7 nitrogen and oxygen atoms in total. The first-order chi connectivity index (χ1) is 12.3. The second kappa shape index (κ2) is 8.64. The molecule has 26 heavy (non-hydrogen) atoms. The summed E-state index contributed by atoms with van der Waals surface area (Å²) in [5.74, 6) is -1.48. The van der Waals surface area contributed by atoms with E-state index in [1.165, 1.54) is 38.2 Å². The summed E-state index contributed by atoms with van der Waals surface area (Å²) in [6.45, 7) is 2.77. The fourth-order valence-corrected chi connectivity index (χ4v) is 2.36. The molecule has 2 aromatic rings. The first kappa shape index (κ1) is 19.7. The lowest BCUT2D eigenvalue weighted by atomic mass is 10.2. The molecule has 0 bridgehead atoms. The van der Waals surface area contributed by atoms with E-state index in [4.69, 9.17) is 27.9 Å². The average Bonchev–Trinajstić information content (AvgIpc) is 2.56. The predicted molar refractivity (Wildman–Crippen MR) is 98.5 cm³/mol. The molecule has 1 aromatic heterocycles. The number of nitrogens with one attached hydrogen (secondary N) is 2. The Morgan fingerprint density at radius 3 is 2.54 bits per heavy atom. The third kappa shape index (κ3) is 5.44. The number of hydrogen-bond donors (Lipinski definition) is 2. The van der Waals surface area contributed by atoms with Gasteiger partial charge in [-0.1, -0.05) is 29.3 Å². The zero-order chi connectivity index (χ0) is 19.3. The first-order valence-corrected chi connectivity index (χ1v) is 8.22. The number of hydrogen-bond acceptors (Lipinski definition) is 5. The van der Waals surface area contributed by atoms with Crippen molar-refractivity contribution in [3.8, 4) is 0 Å². The van der Waals surface area contributed by atoms with Crippen LogP contribution in [-0.2, 0) is 14.3 Å². The molecule has 0 aliphatic rings. The molecule has 0 saturated carbocycles. The molecule has 0 radical (unpaired) electrons. The highest BCUT2D eigenvalue weighted by atomic mass is 35.5. The number of rotatable bonds is 5. The van der Waals surface area contributed by atoms with Crippen molar-refractivity contribution in [1.29, 1.82) is 0 Å². The summed E-state index contributed by atoms with van der Waals surface area (Å²) < 4.78 is 5.13. The van der Waals surface area contributed by atoms with E-state index >= 15 is 0 Å². The molecular formula is C17H15Cl2N3O4. The van der Waals surface area contributed by atoms with Crippen molar-refractivity contribution in [3.63, 3.8) is 0 Å². The molecule has 1 heterocycles. The third-order valence-corrected chi connectivity index (χ3v) is 3.62. The van der Waals surface area contributed by atoms with Crippen LogP contribution in [0.25, 0.3) is 0 Å². The van der Waals surface area contributed by atoms with Gasteiger partial charge < -0.3 is 15.4 Å². The molecule has 1 aromatic carbocycles. The lowest BCUT2D eigenvalue weighted by Crippen LogP contribution is -2.30. The summed E-state index contributed by atoms with van der Waals surface area (Å²) >= 11 is 11.7. The summed E-state index contributed by atoms with van der Waals surface area (Å²) in [5.41, 5.74) is 0.639. The number of carbonyl (C=O) groups is 3. The van der Waals surface area contributed by atoms with Crippen molar-refractivity contribution in [3.05, 3.63) is 52.1 Å². The molecule has 0 unspecified atom stereocenters. The van der Waals surface area contributed by atoms with Crippen LogP contribution in [0.2, 0.25) is 10.0 Å². The van der Waals surface area contributed by atoms with Gasteiger partial charge in [-0.05, 0) is 31.2 Å². The van der Waals surface area contributed by atoms with Crippen LogP contribution in [0, 0.1) is 0 Å². The van der Waals surface area contributed by atoms with E-state index in [1.54, 1.807) is 12.1 Å². The molecule has 2 N–H and O–H groups in total. The monoisotopic (exact) mass is 395 g/mol. The second-order valence-corrected chi connectivity index (χ2v) is 6.13. The number of halogens is 2. The van der Waals surface area contributed by atoms with Gasteiger partial charge in [0.25, 0.3) is 5.91 Å².